The van der Waals surface area contributed by atoms with E-state index in [9.17, 15) is 4.79 Å². The number of amidine groups is 1. The van der Waals surface area contributed by atoms with Crippen molar-refractivity contribution in [2.24, 2.45) is 16.8 Å². The monoisotopic (exact) mass is 272 g/mol. The largest absolute Gasteiger partial charge is 0.467 e. The zero-order valence-electron chi connectivity index (χ0n) is 11.9. The summed E-state index contributed by atoms with van der Waals surface area (Å²) in [5.74, 6) is 1.62. The maximum atomic E-state index is 11.7. The van der Waals surface area contributed by atoms with Crippen LogP contribution >= 0.6 is 11.8 Å². The minimum absolute atomic E-state index is 0.185. The lowest BCUT2D eigenvalue weighted by molar-refractivity contribution is -0.143. The van der Waals surface area contributed by atoms with Gasteiger partial charge in [0.25, 0.3) is 0 Å². The molecule has 0 saturated heterocycles. The SMILES string of the molecule is COC(=O)C(NC1=NC(CC(C)C)CS1)C(C)C. The molecule has 1 rings (SSSR count). The van der Waals surface area contributed by atoms with E-state index in [1.165, 1.54) is 7.11 Å². The molecule has 4 nitrogen and oxygen atoms in total. The second kappa shape index (κ2) is 7.02. The van der Waals surface area contributed by atoms with E-state index < -0.39 is 0 Å². The molecule has 1 aliphatic heterocycles. The summed E-state index contributed by atoms with van der Waals surface area (Å²) in [5.41, 5.74) is 0. The van der Waals surface area contributed by atoms with Crippen molar-refractivity contribution in [2.45, 2.75) is 46.2 Å². The fraction of sp³-hybridized carbons (Fsp3) is 0.846. The van der Waals surface area contributed by atoms with Crippen LogP contribution in [0.25, 0.3) is 0 Å². The Morgan fingerprint density at radius 2 is 2.17 bits per heavy atom. The standard InChI is InChI=1S/C13H24N2O2S/c1-8(2)6-10-7-18-13(14-10)15-11(9(3)4)12(16)17-5/h8-11H,6-7H2,1-5H3,(H,14,15). The van der Waals surface area contributed by atoms with Crippen LogP contribution in [0.1, 0.15) is 34.1 Å². The third-order valence-electron chi connectivity index (χ3n) is 2.86. The molecule has 0 saturated carbocycles. The Kier molecular flexibility index (Phi) is 5.99. The second-order valence-corrected chi connectivity index (χ2v) is 6.43. The first-order chi connectivity index (χ1) is 8.43. The summed E-state index contributed by atoms with van der Waals surface area (Å²) in [7, 11) is 1.42. The number of nitrogens with one attached hydrogen (secondary N) is 1. The van der Waals surface area contributed by atoms with Gasteiger partial charge < -0.3 is 10.1 Å². The zero-order chi connectivity index (χ0) is 13.7. The number of ether oxygens (including phenoxy) is 1. The normalized spacial score (nSPS) is 21.1. The van der Waals surface area contributed by atoms with E-state index in [0.29, 0.717) is 12.0 Å². The molecule has 0 aromatic carbocycles. The summed E-state index contributed by atoms with van der Waals surface area (Å²) in [6, 6.07) is 0.0713. The maximum absolute atomic E-state index is 11.7. The molecule has 2 unspecified atom stereocenters. The van der Waals surface area contributed by atoms with E-state index >= 15 is 0 Å². The van der Waals surface area contributed by atoms with Crippen molar-refractivity contribution in [1.82, 2.24) is 5.32 Å². The Hall–Kier alpha value is -0.710. The highest BCUT2D eigenvalue weighted by Gasteiger charge is 2.27. The van der Waals surface area contributed by atoms with Gasteiger partial charge in [0, 0.05) is 5.75 Å². The van der Waals surface area contributed by atoms with Gasteiger partial charge in [-0.1, -0.05) is 39.5 Å². The average molecular weight is 272 g/mol. The van der Waals surface area contributed by atoms with E-state index in [0.717, 1.165) is 17.3 Å². The van der Waals surface area contributed by atoms with Crippen LogP contribution in [0.15, 0.2) is 4.99 Å². The predicted molar refractivity (Wildman–Crippen MR) is 76.9 cm³/mol. The third-order valence-corrected chi connectivity index (χ3v) is 3.90. The highest BCUT2D eigenvalue weighted by molar-refractivity contribution is 8.14. The predicted octanol–water partition coefficient (Wildman–Crippen LogP) is 2.29. The molecular weight excluding hydrogens is 248 g/mol. The van der Waals surface area contributed by atoms with E-state index in [1.807, 2.05) is 13.8 Å². The first kappa shape index (κ1) is 15.3. The van der Waals surface area contributed by atoms with Crippen LogP contribution < -0.4 is 5.32 Å². The van der Waals surface area contributed by atoms with Crippen molar-refractivity contribution in [3.8, 4) is 0 Å². The molecule has 0 aliphatic carbocycles. The molecule has 1 aliphatic rings. The molecule has 104 valence electrons. The lowest BCUT2D eigenvalue weighted by atomic mass is 10.1. The van der Waals surface area contributed by atoms with Crippen LogP contribution in [-0.4, -0.2) is 36.1 Å². The minimum Gasteiger partial charge on any atom is -0.467 e. The zero-order valence-corrected chi connectivity index (χ0v) is 12.7. The molecule has 2 atom stereocenters. The minimum atomic E-state index is -0.306. The van der Waals surface area contributed by atoms with Gasteiger partial charge in [0.15, 0.2) is 5.17 Å². The number of nitrogens with zero attached hydrogens (tertiary/aromatic N) is 1. The second-order valence-electron chi connectivity index (χ2n) is 5.42. The van der Waals surface area contributed by atoms with E-state index in [4.69, 9.17) is 4.74 Å². The topological polar surface area (TPSA) is 50.7 Å². The van der Waals surface area contributed by atoms with Gasteiger partial charge in [0.1, 0.15) is 6.04 Å². The summed E-state index contributed by atoms with van der Waals surface area (Å²) < 4.78 is 4.81. The summed E-state index contributed by atoms with van der Waals surface area (Å²) in [4.78, 5) is 16.3. The van der Waals surface area contributed by atoms with Crippen molar-refractivity contribution < 1.29 is 9.53 Å². The molecule has 0 amide bonds. The quantitative estimate of drug-likeness (QED) is 0.780. The molecule has 0 bridgehead atoms. The Morgan fingerprint density at radius 3 is 2.67 bits per heavy atom. The molecule has 0 fully saturated rings. The summed E-state index contributed by atoms with van der Waals surface area (Å²) >= 11 is 1.70. The number of rotatable bonds is 5. The smallest absolute Gasteiger partial charge is 0.328 e. The number of thioether (sulfide) groups is 1. The number of aliphatic imine (C=N–C) groups is 1. The van der Waals surface area contributed by atoms with Gasteiger partial charge in [-0.25, -0.2) is 4.79 Å². The summed E-state index contributed by atoms with van der Waals surface area (Å²) in [6.07, 6.45) is 1.10. The molecule has 0 radical (unpaired) electrons. The van der Waals surface area contributed by atoms with Crippen molar-refractivity contribution in [2.75, 3.05) is 12.9 Å². The lowest BCUT2D eigenvalue weighted by Crippen LogP contribution is -2.43. The van der Waals surface area contributed by atoms with Gasteiger partial charge in [0.2, 0.25) is 0 Å². The molecule has 0 aromatic rings. The van der Waals surface area contributed by atoms with Crippen LogP contribution in [0.3, 0.4) is 0 Å². The number of esters is 1. The summed E-state index contributed by atoms with van der Waals surface area (Å²) in [5, 5.41) is 4.09. The van der Waals surface area contributed by atoms with Gasteiger partial charge in [-0.2, -0.15) is 0 Å². The van der Waals surface area contributed by atoms with E-state index in [2.05, 4.69) is 24.2 Å². The highest BCUT2D eigenvalue weighted by atomic mass is 32.2. The molecule has 1 heterocycles. The van der Waals surface area contributed by atoms with Crippen molar-refractivity contribution in [1.29, 1.82) is 0 Å². The third kappa shape index (κ3) is 4.52. The number of carbonyl (C=O) groups is 1. The number of hydrogen-bond acceptors (Lipinski definition) is 5. The maximum Gasteiger partial charge on any atom is 0.328 e. The van der Waals surface area contributed by atoms with Crippen molar-refractivity contribution >= 4 is 22.9 Å². The van der Waals surface area contributed by atoms with E-state index in [-0.39, 0.29) is 17.9 Å². The Balaban J connectivity index is 2.58. The first-order valence-electron chi connectivity index (χ1n) is 6.49. The van der Waals surface area contributed by atoms with Gasteiger partial charge in [-0.3, -0.25) is 4.99 Å². The molecular formula is C13H24N2O2S. The average Bonchev–Trinajstić information content (AvgIpc) is 2.71. The van der Waals surface area contributed by atoms with Crippen LogP contribution in [0, 0.1) is 11.8 Å². The Bertz CT molecular complexity index is 316. The van der Waals surface area contributed by atoms with E-state index in [1.54, 1.807) is 11.8 Å². The molecule has 1 N–H and O–H groups in total. The van der Waals surface area contributed by atoms with Gasteiger partial charge in [-0.15, -0.1) is 0 Å². The molecule has 0 aromatic heterocycles. The van der Waals surface area contributed by atoms with Gasteiger partial charge in [-0.05, 0) is 18.3 Å². The number of methoxy groups -OCH3 is 1. The Morgan fingerprint density at radius 1 is 1.50 bits per heavy atom. The number of hydrogen-bond donors (Lipinski definition) is 1. The van der Waals surface area contributed by atoms with Crippen LogP contribution in [0.2, 0.25) is 0 Å². The Labute approximate surface area is 114 Å². The fourth-order valence-corrected chi connectivity index (χ4v) is 2.91. The van der Waals surface area contributed by atoms with Crippen molar-refractivity contribution in [3.05, 3.63) is 0 Å². The summed E-state index contributed by atoms with van der Waals surface area (Å²) in [6.45, 7) is 8.41. The molecule has 5 heteroatoms. The van der Waals surface area contributed by atoms with Crippen LogP contribution in [0.4, 0.5) is 0 Å². The first-order valence-corrected chi connectivity index (χ1v) is 7.47. The van der Waals surface area contributed by atoms with Crippen LogP contribution in [0.5, 0.6) is 0 Å². The van der Waals surface area contributed by atoms with Gasteiger partial charge in [0.05, 0.1) is 13.2 Å². The molecule has 18 heavy (non-hydrogen) atoms. The fourth-order valence-electron chi connectivity index (χ4n) is 1.92. The van der Waals surface area contributed by atoms with Gasteiger partial charge >= 0.3 is 5.97 Å². The highest BCUT2D eigenvalue weighted by Crippen LogP contribution is 2.22. The number of carbonyl (C=O) groups excluding carboxylic acids is 1. The van der Waals surface area contributed by atoms with Crippen molar-refractivity contribution in [3.63, 3.8) is 0 Å². The lowest BCUT2D eigenvalue weighted by Gasteiger charge is -2.20. The van der Waals surface area contributed by atoms with Crippen LogP contribution in [-0.2, 0) is 9.53 Å². The molecule has 0 spiro atoms.